The molecule has 1 heterocycles. The van der Waals surface area contributed by atoms with Gasteiger partial charge in [0.05, 0.1) is 0 Å². The number of H-pyrrole nitrogens is 1. The number of carbonyl (C=O) groups is 1. The number of aromatic amines is 1. The molecule has 1 aliphatic rings. The minimum absolute atomic E-state index is 0.130. The Morgan fingerprint density at radius 1 is 1.33 bits per heavy atom. The van der Waals surface area contributed by atoms with Gasteiger partial charge in [-0.15, -0.1) is 0 Å². The zero-order valence-electron chi connectivity index (χ0n) is 12.7. The normalized spacial score (nSPS) is 17.7. The molecule has 3 rings (SSSR count). The van der Waals surface area contributed by atoms with Crippen LogP contribution in [-0.4, -0.2) is 10.8 Å². The second-order valence-electron chi connectivity index (χ2n) is 6.78. The van der Waals surface area contributed by atoms with Crippen molar-refractivity contribution >= 4 is 16.7 Å². The zero-order valence-corrected chi connectivity index (χ0v) is 12.7. The number of halogens is 1. The molecule has 1 fully saturated rings. The summed E-state index contributed by atoms with van der Waals surface area (Å²) in [5.74, 6) is 0.293. The fourth-order valence-corrected chi connectivity index (χ4v) is 3.96. The van der Waals surface area contributed by atoms with E-state index in [0.29, 0.717) is 22.4 Å². The van der Waals surface area contributed by atoms with Crippen molar-refractivity contribution < 1.29 is 9.18 Å². The molecule has 0 radical (unpaired) electrons. The Balaban J connectivity index is 2.06. The van der Waals surface area contributed by atoms with E-state index in [9.17, 15) is 9.18 Å². The third-order valence-corrected chi connectivity index (χ3v) is 4.74. The van der Waals surface area contributed by atoms with E-state index in [2.05, 4.69) is 18.8 Å². The van der Waals surface area contributed by atoms with Gasteiger partial charge in [-0.25, -0.2) is 4.39 Å². The zero-order chi connectivity index (χ0) is 15.0. The van der Waals surface area contributed by atoms with Gasteiger partial charge < -0.3 is 4.98 Å². The van der Waals surface area contributed by atoms with Crippen molar-refractivity contribution in [2.45, 2.75) is 46.0 Å². The molecule has 2 nitrogen and oxygen atoms in total. The molecule has 2 aromatic rings. The van der Waals surface area contributed by atoms with Crippen molar-refractivity contribution in [1.82, 2.24) is 4.98 Å². The maximum absolute atomic E-state index is 14.1. The Kier molecular flexibility index (Phi) is 3.60. The molecule has 1 aromatic carbocycles. The summed E-state index contributed by atoms with van der Waals surface area (Å²) in [5.41, 5.74) is 0.952. The number of hydrogen-bond acceptors (Lipinski definition) is 1. The molecule has 0 spiro atoms. The fourth-order valence-electron chi connectivity index (χ4n) is 3.96. The maximum Gasteiger partial charge on any atom is 0.171 e. The number of benzene rings is 1. The first-order valence-electron chi connectivity index (χ1n) is 7.84. The van der Waals surface area contributed by atoms with Crippen LogP contribution in [0.1, 0.15) is 56.3 Å². The van der Waals surface area contributed by atoms with E-state index >= 15 is 0 Å². The van der Waals surface area contributed by atoms with Gasteiger partial charge in [-0.2, -0.15) is 0 Å². The standard InChI is InChI=1S/C18H22FNO/c1-12(2)10-18(8-3-4-9-18)17(21)13-11-20-15-7-5-6-14(19)16(13)15/h5-7,11-12,20H,3-4,8-10H2,1-2H3. The molecule has 1 aliphatic carbocycles. The number of fused-ring (bicyclic) bond motifs is 1. The second-order valence-corrected chi connectivity index (χ2v) is 6.78. The minimum atomic E-state index is -0.310. The van der Waals surface area contributed by atoms with E-state index in [0.717, 1.165) is 32.1 Å². The third-order valence-electron chi connectivity index (χ3n) is 4.74. The minimum Gasteiger partial charge on any atom is -0.360 e. The molecule has 1 aromatic heterocycles. The van der Waals surface area contributed by atoms with Crippen molar-refractivity contribution in [3.05, 3.63) is 35.8 Å². The lowest BCUT2D eigenvalue weighted by Gasteiger charge is -2.29. The molecule has 1 N–H and O–H groups in total. The van der Waals surface area contributed by atoms with E-state index < -0.39 is 0 Å². The molecule has 0 aliphatic heterocycles. The largest absolute Gasteiger partial charge is 0.360 e. The summed E-state index contributed by atoms with van der Waals surface area (Å²) in [6.45, 7) is 4.31. The van der Waals surface area contributed by atoms with Crippen molar-refractivity contribution in [3.8, 4) is 0 Å². The number of hydrogen-bond donors (Lipinski definition) is 1. The van der Waals surface area contributed by atoms with Crippen molar-refractivity contribution in [2.24, 2.45) is 11.3 Å². The first-order chi connectivity index (χ1) is 10.0. The highest BCUT2D eigenvalue weighted by Crippen LogP contribution is 2.46. The second kappa shape index (κ2) is 5.28. The Morgan fingerprint density at radius 3 is 2.71 bits per heavy atom. The first-order valence-corrected chi connectivity index (χ1v) is 7.84. The van der Waals surface area contributed by atoms with Crippen LogP contribution in [0.5, 0.6) is 0 Å². The predicted octanol–water partition coefficient (Wildman–Crippen LogP) is 5.10. The van der Waals surface area contributed by atoms with Gasteiger partial charge in [-0.3, -0.25) is 4.79 Å². The van der Waals surface area contributed by atoms with Crippen LogP contribution in [0.25, 0.3) is 10.9 Å². The average Bonchev–Trinajstić information content (AvgIpc) is 3.05. The SMILES string of the molecule is CC(C)CC1(C(=O)c2c[nH]c3cccc(F)c23)CCCC1. The van der Waals surface area contributed by atoms with Gasteiger partial charge >= 0.3 is 0 Å². The number of nitrogens with one attached hydrogen (secondary N) is 1. The van der Waals surface area contributed by atoms with Crippen LogP contribution in [0.15, 0.2) is 24.4 Å². The molecule has 0 bridgehead atoms. The topological polar surface area (TPSA) is 32.9 Å². The molecule has 3 heteroatoms. The smallest absolute Gasteiger partial charge is 0.171 e. The van der Waals surface area contributed by atoms with Crippen molar-refractivity contribution in [3.63, 3.8) is 0 Å². The molecule has 1 saturated carbocycles. The highest BCUT2D eigenvalue weighted by atomic mass is 19.1. The summed E-state index contributed by atoms with van der Waals surface area (Å²) in [6, 6.07) is 4.91. The number of ketones is 1. The highest BCUT2D eigenvalue weighted by Gasteiger charge is 2.42. The van der Waals surface area contributed by atoms with Gasteiger partial charge in [0, 0.05) is 28.1 Å². The summed E-state index contributed by atoms with van der Waals surface area (Å²) in [4.78, 5) is 16.2. The summed E-state index contributed by atoms with van der Waals surface area (Å²) in [7, 11) is 0. The van der Waals surface area contributed by atoms with Crippen LogP contribution in [0.2, 0.25) is 0 Å². The van der Waals surface area contributed by atoms with E-state index in [1.165, 1.54) is 6.07 Å². The van der Waals surface area contributed by atoms with Crippen LogP contribution < -0.4 is 0 Å². The summed E-state index contributed by atoms with van der Waals surface area (Å²) >= 11 is 0. The monoisotopic (exact) mass is 287 g/mol. The lowest BCUT2D eigenvalue weighted by molar-refractivity contribution is 0.0761. The highest BCUT2D eigenvalue weighted by molar-refractivity contribution is 6.10. The van der Waals surface area contributed by atoms with Crippen molar-refractivity contribution in [1.29, 1.82) is 0 Å². The van der Waals surface area contributed by atoms with Crippen LogP contribution in [-0.2, 0) is 0 Å². The van der Waals surface area contributed by atoms with Crippen molar-refractivity contribution in [2.75, 3.05) is 0 Å². The Hall–Kier alpha value is -1.64. The van der Waals surface area contributed by atoms with E-state index in [1.54, 1.807) is 12.3 Å². The molecule has 0 saturated heterocycles. The quantitative estimate of drug-likeness (QED) is 0.780. The molecule has 0 atom stereocenters. The Bertz CT molecular complexity index is 665. The maximum atomic E-state index is 14.1. The van der Waals surface area contributed by atoms with E-state index in [-0.39, 0.29) is 17.0 Å². The number of rotatable bonds is 4. The van der Waals surface area contributed by atoms with Crippen LogP contribution in [0.4, 0.5) is 4.39 Å². The molecular weight excluding hydrogens is 265 g/mol. The van der Waals surface area contributed by atoms with Gasteiger partial charge in [0.2, 0.25) is 0 Å². The van der Waals surface area contributed by atoms with Crippen LogP contribution >= 0.6 is 0 Å². The Morgan fingerprint density at radius 2 is 2.05 bits per heavy atom. The molecular formula is C18H22FNO. The molecule has 0 amide bonds. The molecule has 112 valence electrons. The molecule has 21 heavy (non-hydrogen) atoms. The lowest BCUT2D eigenvalue weighted by Crippen LogP contribution is -2.29. The number of Topliss-reactive ketones (excluding diaryl/α,β-unsaturated/α-hetero) is 1. The van der Waals surface area contributed by atoms with E-state index in [1.807, 2.05) is 6.07 Å². The molecule has 0 unspecified atom stereocenters. The van der Waals surface area contributed by atoms with Gasteiger partial charge in [-0.1, -0.05) is 32.8 Å². The summed E-state index contributed by atoms with van der Waals surface area (Å²) in [5, 5.41) is 0.456. The van der Waals surface area contributed by atoms with Crippen LogP contribution in [0, 0.1) is 17.2 Å². The lowest BCUT2D eigenvalue weighted by atomic mass is 9.73. The number of carbonyl (C=O) groups excluding carboxylic acids is 1. The van der Waals surface area contributed by atoms with Crippen LogP contribution in [0.3, 0.4) is 0 Å². The van der Waals surface area contributed by atoms with Gasteiger partial charge in [0.1, 0.15) is 5.82 Å². The van der Waals surface area contributed by atoms with E-state index in [4.69, 9.17) is 0 Å². The van der Waals surface area contributed by atoms with Gasteiger partial charge in [-0.05, 0) is 37.3 Å². The van der Waals surface area contributed by atoms with Gasteiger partial charge in [0.15, 0.2) is 5.78 Å². The van der Waals surface area contributed by atoms with Gasteiger partial charge in [0.25, 0.3) is 0 Å². The fraction of sp³-hybridized carbons (Fsp3) is 0.500. The summed E-state index contributed by atoms with van der Waals surface area (Å²) < 4.78 is 14.1. The predicted molar refractivity (Wildman–Crippen MR) is 82.9 cm³/mol. The number of aromatic nitrogens is 1. The third kappa shape index (κ3) is 2.39. The first kappa shape index (κ1) is 14.3. The Labute approximate surface area is 124 Å². The average molecular weight is 287 g/mol. The summed E-state index contributed by atoms with van der Waals surface area (Å²) in [6.07, 6.45) is 6.66.